The number of nitrogens with zero attached hydrogens (tertiary/aromatic N) is 1. The van der Waals surface area contributed by atoms with E-state index in [0.29, 0.717) is 10.0 Å². The topological polar surface area (TPSA) is 20.7 Å². The van der Waals surface area contributed by atoms with Crippen molar-refractivity contribution >= 4 is 55.9 Å². The van der Waals surface area contributed by atoms with E-state index in [0.717, 1.165) is 21.9 Å². The van der Waals surface area contributed by atoms with Gasteiger partial charge in [-0.05, 0) is 30.3 Å². The summed E-state index contributed by atoms with van der Waals surface area (Å²) in [6.45, 7) is 0. The minimum Gasteiger partial charge on any atom is -0.361 e. The van der Waals surface area contributed by atoms with Crippen molar-refractivity contribution in [1.82, 2.24) is 9.55 Å². The first kappa shape index (κ1) is 11.2. The van der Waals surface area contributed by atoms with Crippen LogP contribution in [-0.2, 0) is 7.05 Å². The molecule has 4 heteroatoms. The van der Waals surface area contributed by atoms with Crippen molar-refractivity contribution in [2.75, 3.05) is 0 Å². The van der Waals surface area contributed by atoms with Crippen LogP contribution in [0.2, 0.25) is 10.0 Å². The van der Waals surface area contributed by atoms with Gasteiger partial charge in [0.2, 0.25) is 0 Å². The molecule has 1 N–H and O–H groups in total. The van der Waals surface area contributed by atoms with Crippen LogP contribution in [0.3, 0.4) is 0 Å². The van der Waals surface area contributed by atoms with Gasteiger partial charge >= 0.3 is 0 Å². The first-order valence-corrected chi connectivity index (χ1v) is 6.75. The summed E-state index contributed by atoms with van der Waals surface area (Å²) in [6.07, 6.45) is 1.95. The fraction of sp³-hybridized carbons (Fsp3) is 0.0667. The van der Waals surface area contributed by atoms with Crippen LogP contribution >= 0.6 is 23.2 Å². The Morgan fingerprint density at radius 2 is 1.89 bits per heavy atom. The third kappa shape index (κ3) is 1.38. The van der Waals surface area contributed by atoms with Crippen LogP contribution in [-0.4, -0.2) is 9.55 Å². The van der Waals surface area contributed by atoms with E-state index in [9.17, 15) is 0 Å². The summed E-state index contributed by atoms with van der Waals surface area (Å²) in [4.78, 5) is 3.24. The zero-order chi connectivity index (χ0) is 13.1. The second kappa shape index (κ2) is 3.69. The first-order valence-electron chi connectivity index (χ1n) is 6.00. The van der Waals surface area contributed by atoms with E-state index in [-0.39, 0.29) is 0 Å². The van der Waals surface area contributed by atoms with Crippen LogP contribution in [0, 0.1) is 0 Å². The number of H-pyrrole nitrogens is 1. The molecule has 0 saturated carbocycles. The van der Waals surface area contributed by atoms with Crippen LogP contribution < -0.4 is 0 Å². The van der Waals surface area contributed by atoms with Crippen LogP contribution in [0.1, 0.15) is 0 Å². The number of benzene rings is 2. The molecule has 0 fully saturated rings. The van der Waals surface area contributed by atoms with Crippen LogP contribution in [0.4, 0.5) is 0 Å². The van der Waals surface area contributed by atoms with E-state index < -0.39 is 0 Å². The molecule has 2 nitrogen and oxygen atoms in total. The first-order chi connectivity index (χ1) is 9.16. The molecule has 0 aliphatic carbocycles. The maximum Gasteiger partial charge on any atom is 0.0679 e. The summed E-state index contributed by atoms with van der Waals surface area (Å²) in [7, 11) is 2.03. The lowest BCUT2D eigenvalue weighted by atomic mass is 10.1. The molecule has 0 saturated heterocycles. The average molecular weight is 289 g/mol. The van der Waals surface area contributed by atoms with Gasteiger partial charge in [-0.2, -0.15) is 0 Å². The van der Waals surface area contributed by atoms with Crippen LogP contribution in [0.25, 0.3) is 32.7 Å². The molecule has 0 radical (unpaired) electrons. The Morgan fingerprint density at radius 3 is 2.74 bits per heavy atom. The molecule has 2 aromatic carbocycles. The molecule has 0 amide bonds. The number of halogens is 2. The van der Waals surface area contributed by atoms with Crippen molar-refractivity contribution in [2.45, 2.75) is 0 Å². The highest BCUT2D eigenvalue weighted by Gasteiger charge is 2.14. The van der Waals surface area contributed by atoms with E-state index in [2.05, 4.69) is 27.8 Å². The normalized spacial score (nSPS) is 11.9. The lowest BCUT2D eigenvalue weighted by Crippen LogP contribution is -1.87. The van der Waals surface area contributed by atoms with Gasteiger partial charge in [-0.25, -0.2) is 0 Å². The van der Waals surface area contributed by atoms with Gasteiger partial charge in [0.25, 0.3) is 0 Å². The van der Waals surface area contributed by atoms with Crippen molar-refractivity contribution in [3.05, 3.63) is 46.6 Å². The third-order valence-corrected chi connectivity index (χ3v) is 4.21. The molecule has 4 aromatic rings. The highest BCUT2D eigenvalue weighted by Crippen LogP contribution is 2.38. The Labute approximate surface area is 119 Å². The number of hydrogen-bond acceptors (Lipinski definition) is 0. The number of nitrogens with one attached hydrogen (secondary N) is 1. The standard InChI is InChI=1S/C15H10Cl2N2/c1-19-13-3-2-12-9(4-5-18-12)14(13)10-6-8(16)7-11(17)15(10)19/h2-7,18H,1H3. The maximum absolute atomic E-state index is 6.35. The summed E-state index contributed by atoms with van der Waals surface area (Å²) < 4.78 is 2.12. The Morgan fingerprint density at radius 1 is 1.05 bits per heavy atom. The van der Waals surface area contributed by atoms with Crippen molar-refractivity contribution in [1.29, 1.82) is 0 Å². The second-order valence-corrected chi connectivity index (χ2v) is 5.59. The van der Waals surface area contributed by atoms with Crippen molar-refractivity contribution in [3.63, 3.8) is 0 Å². The molecule has 0 bridgehead atoms. The molecule has 0 aliphatic heterocycles. The number of aromatic nitrogens is 2. The Kier molecular flexibility index (Phi) is 2.17. The summed E-state index contributed by atoms with van der Waals surface area (Å²) in [5.41, 5.74) is 3.30. The molecule has 4 rings (SSSR count). The van der Waals surface area contributed by atoms with Gasteiger partial charge in [-0.3, -0.25) is 0 Å². The predicted molar refractivity (Wildman–Crippen MR) is 82.3 cm³/mol. The SMILES string of the molecule is Cn1c2ccc3[nH]ccc3c2c2cc(Cl)cc(Cl)c21. The number of aromatic amines is 1. The summed E-state index contributed by atoms with van der Waals surface area (Å²) in [6, 6.07) is 10.1. The minimum absolute atomic E-state index is 0.664. The maximum atomic E-state index is 6.35. The monoisotopic (exact) mass is 288 g/mol. The fourth-order valence-electron chi connectivity index (χ4n) is 2.90. The van der Waals surface area contributed by atoms with Gasteiger partial charge in [-0.1, -0.05) is 23.2 Å². The Balaban J connectivity index is 2.42. The van der Waals surface area contributed by atoms with Gasteiger partial charge in [-0.15, -0.1) is 0 Å². The molecule has 2 aromatic heterocycles. The van der Waals surface area contributed by atoms with E-state index in [4.69, 9.17) is 23.2 Å². The highest BCUT2D eigenvalue weighted by atomic mass is 35.5. The van der Waals surface area contributed by atoms with Crippen molar-refractivity contribution in [3.8, 4) is 0 Å². The van der Waals surface area contributed by atoms with Gasteiger partial charge in [0.1, 0.15) is 0 Å². The number of rotatable bonds is 0. The molecule has 0 unspecified atom stereocenters. The summed E-state index contributed by atoms with van der Waals surface area (Å²) in [5.74, 6) is 0. The molecule has 2 heterocycles. The van der Waals surface area contributed by atoms with E-state index in [1.165, 1.54) is 10.8 Å². The van der Waals surface area contributed by atoms with E-state index in [1.54, 1.807) is 6.07 Å². The molecular formula is C15H10Cl2N2. The molecule has 94 valence electrons. The van der Waals surface area contributed by atoms with Crippen LogP contribution in [0.15, 0.2) is 36.5 Å². The predicted octanol–water partition coefficient (Wildman–Crippen LogP) is 5.12. The van der Waals surface area contributed by atoms with Crippen LogP contribution in [0.5, 0.6) is 0 Å². The third-order valence-electron chi connectivity index (χ3n) is 3.71. The average Bonchev–Trinajstić information content (AvgIpc) is 2.92. The Bertz CT molecular complexity index is 947. The van der Waals surface area contributed by atoms with Gasteiger partial charge in [0.05, 0.1) is 10.5 Å². The number of fused-ring (bicyclic) bond motifs is 5. The van der Waals surface area contributed by atoms with Crippen molar-refractivity contribution in [2.24, 2.45) is 7.05 Å². The van der Waals surface area contributed by atoms with E-state index >= 15 is 0 Å². The fourth-order valence-corrected chi connectivity index (χ4v) is 3.52. The molecule has 0 spiro atoms. The minimum atomic E-state index is 0.664. The lowest BCUT2D eigenvalue weighted by molar-refractivity contribution is 1.01. The largest absolute Gasteiger partial charge is 0.361 e. The molecule has 0 aliphatic rings. The second-order valence-electron chi connectivity index (χ2n) is 4.74. The molecule has 0 atom stereocenters. The zero-order valence-electron chi connectivity index (χ0n) is 10.2. The summed E-state index contributed by atoms with van der Waals surface area (Å²) >= 11 is 12.5. The molecular weight excluding hydrogens is 279 g/mol. The zero-order valence-corrected chi connectivity index (χ0v) is 11.7. The number of aryl methyl sites for hydroxylation is 1. The van der Waals surface area contributed by atoms with Crippen molar-refractivity contribution < 1.29 is 0 Å². The number of hydrogen-bond donors (Lipinski definition) is 1. The van der Waals surface area contributed by atoms with Gasteiger partial charge in [0, 0.05) is 45.5 Å². The highest BCUT2D eigenvalue weighted by molar-refractivity contribution is 6.40. The lowest BCUT2D eigenvalue weighted by Gasteiger charge is -2.00. The van der Waals surface area contributed by atoms with E-state index in [1.807, 2.05) is 19.3 Å². The Hall–Kier alpha value is -1.64. The smallest absolute Gasteiger partial charge is 0.0679 e. The summed E-state index contributed by atoms with van der Waals surface area (Å²) in [5, 5.41) is 4.84. The molecule has 19 heavy (non-hydrogen) atoms. The van der Waals surface area contributed by atoms with Gasteiger partial charge in [0.15, 0.2) is 0 Å². The van der Waals surface area contributed by atoms with Gasteiger partial charge < -0.3 is 9.55 Å². The quantitative estimate of drug-likeness (QED) is 0.464.